The van der Waals surface area contributed by atoms with Gasteiger partial charge in [0.05, 0.1) is 10.5 Å². The van der Waals surface area contributed by atoms with Gasteiger partial charge in [-0.3, -0.25) is 0 Å². The minimum absolute atomic E-state index is 0.224. The first kappa shape index (κ1) is 16.1. The predicted octanol–water partition coefficient (Wildman–Crippen LogP) is 1.11. The van der Waals surface area contributed by atoms with Gasteiger partial charge in [0.15, 0.2) is 0 Å². The summed E-state index contributed by atoms with van der Waals surface area (Å²) in [4.78, 5) is 0.271. The first-order chi connectivity index (χ1) is 8.80. The fourth-order valence-electron chi connectivity index (χ4n) is 1.45. The third kappa shape index (κ3) is 4.91. The molecule has 0 saturated carbocycles. The molecule has 0 heterocycles. The molecule has 2 N–H and O–H groups in total. The Balaban J connectivity index is 2.85. The molecule has 6 heteroatoms. The molecule has 0 aliphatic carbocycles. The molecule has 19 heavy (non-hydrogen) atoms. The number of benzene rings is 1. The van der Waals surface area contributed by atoms with Crippen LogP contribution in [0.1, 0.15) is 19.4 Å². The second-order valence-corrected chi connectivity index (χ2v) is 6.73. The molecular formula is C13H22N2O3S. The summed E-state index contributed by atoms with van der Waals surface area (Å²) < 4.78 is 32.1. The Hall–Kier alpha value is -0.950. The van der Waals surface area contributed by atoms with Crippen molar-refractivity contribution in [1.82, 2.24) is 10.0 Å². The Morgan fingerprint density at radius 3 is 2.58 bits per heavy atom. The van der Waals surface area contributed by atoms with Gasteiger partial charge in [-0.1, -0.05) is 12.1 Å². The molecule has 0 aliphatic heterocycles. The lowest BCUT2D eigenvalue weighted by molar-refractivity contribution is 0.0276. The smallest absolute Gasteiger partial charge is 0.240 e. The van der Waals surface area contributed by atoms with Crippen molar-refractivity contribution >= 4 is 10.0 Å². The zero-order chi connectivity index (χ0) is 14.5. The molecule has 0 spiro atoms. The molecule has 0 aliphatic rings. The highest BCUT2D eigenvalue weighted by Gasteiger charge is 2.21. The van der Waals surface area contributed by atoms with E-state index in [4.69, 9.17) is 4.74 Å². The van der Waals surface area contributed by atoms with Crippen LogP contribution in [0.4, 0.5) is 0 Å². The van der Waals surface area contributed by atoms with Crippen LogP contribution in [-0.4, -0.2) is 34.7 Å². The van der Waals surface area contributed by atoms with Crippen molar-refractivity contribution in [2.75, 3.05) is 20.7 Å². The number of rotatable bonds is 7. The van der Waals surface area contributed by atoms with Crippen molar-refractivity contribution < 1.29 is 13.2 Å². The van der Waals surface area contributed by atoms with Crippen LogP contribution in [0.25, 0.3) is 0 Å². The van der Waals surface area contributed by atoms with Gasteiger partial charge >= 0.3 is 0 Å². The topological polar surface area (TPSA) is 67.4 Å². The Bertz CT molecular complexity index is 512. The quantitative estimate of drug-likeness (QED) is 0.788. The van der Waals surface area contributed by atoms with E-state index in [1.165, 1.54) is 0 Å². The molecule has 0 fully saturated rings. The molecule has 0 bridgehead atoms. The highest BCUT2D eigenvalue weighted by molar-refractivity contribution is 7.89. The minimum Gasteiger partial charge on any atom is -0.377 e. The van der Waals surface area contributed by atoms with Gasteiger partial charge in [0.2, 0.25) is 10.0 Å². The Kier molecular flexibility index (Phi) is 5.49. The minimum atomic E-state index is -3.50. The summed E-state index contributed by atoms with van der Waals surface area (Å²) in [6.45, 7) is 4.51. The average molecular weight is 286 g/mol. The molecule has 1 aromatic carbocycles. The molecule has 0 amide bonds. The van der Waals surface area contributed by atoms with Crippen molar-refractivity contribution in [3.05, 3.63) is 29.8 Å². The zero-order valence-corrected chi connectivity index (χ0v) is 12.7. The number of ether oxygens (including phenoxy) is 1. The van der Waals surface area contributed by atoms with Gasteiger partial charge in [-0.25, -0.2) is 13.1 Å². The van der Waals surface area contributed by atoms with Crippen molar-refractivity contribution in [2.24, 2.45) is 0 Å². The number of sulfonamides is 1. The number of hydrogen-bond acceptors (Lipinski definition) is 4. The fraction of sp³-hybridized carbons (Fsp3) is 0.538. The zero-order valence-electron chi connectivity index (χ0n) is 11.9. The van der Waals surface area contributed by atoms with Crippen molar-refractivity contribution in [3.8, 4) is 0 Å². The van der Waals surface area contributed by atoms with E-state index in [0.29, 0.717) is 6.54 Å². The molecule has 0 radical (unpaired) electrons. The first-order valence-electron chi connectivity index (χ1n) is 6.09. The van der Waals surface area contributed by atoms with Crippen LogP contribution in [0, 0.1) is 0 Å². The summed E-state index contributed by atoms with van der Waals surface area (Å²) >= 11 is 0. The summed E-state index contributed by atoms with van der Waals surface area (Å²) in [5.74, 6) is 0. The number of hydrogen-bond donors (Lipinski definition) is 2. The summed E-state index contributed by atoms with van der Waals surface area (Å²) in [5, 5.41) is 2.99. The van der Waals surface area contributed by atoms with Gasteiger partial charge < -0.3 is 10.1 Å². The molecule has 1 rings (SSSR count). The van der Waals surface area contributed by atoms with E-state index in [2.05, 4.69) is 10.0 Å². The second-order valence-electron chi connectivity index (χ2n) is 4.97. The maximum absolute atomic E-state index is 12.2. The normalized spacial score (nSPS) is 12.6. The predicted molar refractivity (Wildman–Crippen MR) is 75.5 cm³/mol. The van der Waals surface area contributed by atoms with Gasteiger partial charge in [0.25, 0.3) is 0 Å². The molecule has 0 unspecified atom stereocenters. The van der Waals surface area contributed by atoms with E-state index >= 15 is 0 Å². The van der Waals surface area contributed by atoms with Crippen molar-refractivity contribution in [1.29, 1.82) is 0 Å². The lowest BCUT2D eigenvalue weighted by Crippen LogP contribution is -2.39. The number of nitrogens with one attached hydrogen (secondary N) is 2. The summed E-state index contributed by atoms with van der Waals surface area (Å²) in [7, 11) is -0.125. The lowest BCUT2D eigenvalue weighted by Gasteiger charge is -2.23. The van der Waals surface area contributed by atoms with Crippen LogP contribution >= 0.6 is 0 Å². The van der Waals surface area contributed by atoms with Gasteiger partial charge in [-0.15, -0.1) is 0 Å². The lowest BCUT2D eigenvalue weighted by atomic mass is 10.1. The Morgan fingerprint density at radius 1 is 1.32 bits per heavy atom. The van der Waals surface area contributed by atoms with Gasteiger partial charge in [0, 0.05) is 20.2 Å². The monoisotopic (exact) mass is 286 g/mol. The van der Waals surface area contributed by atoms with E-state index in [1.807, 2.05) is 27.0 Å². The highest BCUT2D eigenvalue weighted by Crippen LogP contribution is 2.13. The van der Waals surface area contributed by atoms with Crippen LogP contribution in [0.5, 0.6) is 0 Å². The molecule has 1 aromatic rings. The number of methoxy groups -OCH3 is 1. The Labute approximate surface area is 115 Å². The standard InChI is InChI=1S/C13H22N2O3S/c1-13(2,18-4)10-15-19(16,17)12-7-5-6-11(8-12)9-14-3/h5-8,14-15H,9-10H2,1-4H3. The van der Waals surface area contributed by atoms with Crippen LogP contribution in [-0.2, 0) is 21.3 Å². The Morgan fingerprint density at radius 2 is 2.00 bits per heavy atom. The third-order valence-electron chi connectivity index (χ3n) is 2.83. The van der Waals surface area contributed by atoms with Gasteiger partial charge in [-0.2, -0.15) is 0 Å². The second kappa shape index (κ2) is 6.47. The molecule has 0 atom stereocenters. The van der Waals surface area contributed by atoms with E-state index in [0.717, 1.165) is 5.56 Å². The summed E-state index contributed by atoms with van der Waals surface area (Å²) in [5.41, 5.74) is 0.395. The molecular weight excluding hydrogens is 264 g/mol. The van der Waals surface area contributed by atoms with Crippen LogP contribution in [0.15, 0.2) is 29.2 Å². The van der Waals surface area contributed by atoms with E-state index in [1.54, 1.807) is 25.3 Å². The maximum Gasteiger partial charge on any atom is 0.240 e. The van der Waals surface area contributed by atoms with Gasteiger partial charge in [-0.05, 0) is 38.6 Å². The van der Waals surface area contributed by atoms with E-state index in [-0.39, 0.29) is 11.4 Å². The van der Waals surface area contributed by atoms with Crippen LogP contribution in [0.2, 0.25) is 0 Å². The van der Waals surface area contributed by atoms with Crippen molar-refractivity contribution in [3.63, 3.8) is 0 Å². The maximum atomic E-state index is 12.2. The SMILES string of the molecule is CNCc1cccc(S(=O)(=O)NCC(C)(C)OC)c1. The molecule has 0 saturated heterocycles. The van der Waals surface area contributed by atoms with Crippen LogP contribution < -0.4 is 10.0 Å². The van der Waals surface area contributed by atoms with Gasteiger partial charge in [0.1, 0.15) is 0 Å². The first-order valence-corrected chi connectivity index (χ1v) is 7.57. The average Bonchev–Trinajstić information content (AvgIpc) is 2.38. The third-order valence-corrected chi connectivity index (χ3v) is 4.23. The fourth-order valence-corrected chi connectivity index (χ4v) is 2.72. The molecule has 5 nitrogen and oxygen atoms in total. The van der Waals surface area contributed by atoms with E-state index in [9.17, 15) is 8.42 Å². The molecule has 108 valence electrons. The van der Waals surface area contributed by atoms with Crippen molar-refractivity contribution in [2.45, 2.75) is 30.9 Å². The largest absolute Gasteiger partial charge is 0.377 e. The van der Waals surface area contributed by atoms with Crippen LogP contribution in [0.3, 0.4) is 0 Å². The molecule has 0 aromatic heterocycles. The highest BCUT2D eigenvalue weighted by atomic mass is 32.2. The van der Waals surface area contributed by atoms with E-state index < -0.39 is 15.6 Å². The summed E-state index contributed by atoms with van der Waals surface area (Å²) in [6, 6.07) is 6.87. The summed E-state index contributed by atoms with van der Waals surface area (Å²) in [6.07, 6.45) is 0.